The Balaban J connectivity index is 0.000000829. The molecule has 516 valence electrons. The molecule has 0 amide bonds. The van der Waals surface area contributed by atoms with Gasteiger partial charge in [0.1, 0.15) is 24.3 Å². The van der Waals surface area contributed by atoms with Gasteiger partial charge in [-0.1, -0.05) is 164 Å². The van der Waals surface area contributed by atoms with Crippen molar-refractivity contribution >= 4 is 77.9 Å². The minimum absolute atomic E-state index is 0.00366. The zero-order chi connectivity index (χ0) is 69.6. The Labute approximate surface area is 586 Å². The first-order valence-corrected chi connectivity index (χ1v) is 36.0. The van der Waals surface area contributed by atoms with Crippen molar-refractivity contribution in [2.75, 3.05) is 32.8 Å². The summed E-state index contributed by atoms with van der Waals surface area (Å²) >= 11 is 6.82. The van der Waals surface area contributed by atoms with E-state index in [1.165, 1.54) is 136 Å². The van der Waals surface area contributed by atoms with Gasteiger partial charge in [-0.15, -0.1) is 0 Å². The first kappa shape index (κ1) is 71.6. The zero-order valence-corrected chi connectivity index (χ0v) is 56.4. The second kappa shape index (κ2) is 35.4. The maximum atomic E-state index is 14.3. The topological polar surface area (TPSA) is 257 Å². The van der Waals surface area contributed by atoms with E-state index in [1.54, 1.807) is 158 Å². The van der Waals surface area contributed by atoms with Crippen molar-refractivity contribution in [2.45, 2.75) is 97.6 Å². The van der Waals surface area contributed by atoms with Crippen LogP contribution in [0.2, 0.25) is 0 Å². The van der Waals surface area contributed by atoms with Crippen molar-refractivity contribution in [1.82, 2.24) is 4.90 Å². The molecule has 0 aliphatic carbocycles. The van der Waals surface area contributed by atoms with Gasteiger partial charge in [-0.05, 0) is 128 Å². The minimum atomic E-state index is -4.94. The highest BCUT2D eigenvalue weighted by molar-refractivity contribution is 8.07. The van der Waals surface area contributed by atoms with Crippen LogP contribution in [0.4, 0.5) is 0 Å². The number of ether oxygens (including phenoxy) is 9. The summed E-state index contributed by atoms with van der Waals surface area (Å²) in [4.78, 5) is 119. The minimum Gasteiger partial charge on any atom is -0.459 e. The summed E-state index contributed by atoms with van der Waals surface area (Å²) in [6.45, 7) is -2.95. The lowest BCUT2D eigenvalue weighted by Crippen LogP contribution is -2.63. The molecule has 24 heteroatoms. The van der Waals surface area contributed by atoms with E-state index in [0.29, 0.717) is 4.90 Å². The number of carbonyl (C=O) groups excluding carboxylic acids is 7. The Morgan fingerprint density at radius 3 is 1.20 bits per heavy atom. The van der Waals surface area contributed by atoms with Crippen LogP contribution in [0.1, 0.15) is 105 Å². The van der Waals surface area contributed by atoms with Crippen LogP contribution in [-0.4, -0.2) is 151 Å². The fourth-order valence-electron chi connectivity index (χ4n) is 11.3. The lowest BCUT2D eigenvalue weighted by molar-refractivity contribution is -0.277. The molecule has 8 aromatic rings. The van der Waals surface area contributed by atoms with Crippen LogP contribution in [0.5, 0.6) is 0 Å². The molecule has 1 unspecified atom stereocenters. The number of fused-ring (bicyclic) bond motifs is 1. The highest BCUT2D eigenvalue weighted by Crippen LogP contribution is 2.49. The monoisotopic (exact) mass is 1410 g/mol. The van der Waals surface area contributed by atoms with Crippen molar-refractivity contribution in [3.8, 4) is 0 Å². The van der Waals surface area contributed by atoms with Crippen LogP contribution < -0.4 is 0 Å². The van der Waals surface area contributed by atoms with Crippen LogP contribution in [0.3, 0.4) is 0 Å². The number of hydrogen-bond acceptors (Lipinski definition) is 22. The van der Waals surface area contributed by atoms with Gasteiger partial charge in [0.25, 0.3) is 0 Å². The Bertz CT molecular complexity index is 4100. The molecule has 8 aromatic carbocycles. The molecule has 0 bridgehead atoms. The van der Waals surface area contributed by atoms with Gasteiger partial charge in [0.2, 0.25) is 6.29 Å². The number of hydrogen-bond donors (Lipinski definition) is 1. The maximum absolute atomic E-state index is 14.3. The van der Waals surface area contributed by atoms with Crippen molar-refractivity contribution in [2.24, 2.45) is 4.99 Å². The Kier molecular flexibility index (Phi) is 25.3. The number of amidine groups is 1. The van der Waals surface area contributed by atoms with Gasteiger partial charge in [0, 0.05) is 31.0 Å². The second-order valence-corrected chi connectivity index (χ2v) is 27.2. The fraction of sp³-hybridized carbons (Fsp3) is 0.263. The molecular weight excluding hydrogens is 1340 g/mol. The zero-order valence-electron chi connectivity index (χ0n) is 53.9. The summed E-state index contributed by atoms with van der Waals surface area (Å²) in [5.74, 6) is -5.18. The van der Waals surface area contributed by atoms with E-state index >= 15 is 0 Å². The number of thioether (sulfide) groups is 1. The third-order valence-electron chi connectivity index (χ3n) is 16.3. The second-order valence-electron chi connectivity index (χ2n) is 23.2. The van der Waals surface area contributed by atoms with Crippen LogP contribution >= 0.6 is 18.5 Å². The highest BCUT2D eigenvalue weighted by Gasteiger charge is 2.57. The summed E-state index contributed by atoms with van der Waals surface area (Å²) in [6.07, 6.45) is -9.51. The standard InChI is InChI=1S/C67H55O19PS2.C9H16N2/c68-59(43-25-9-1-10-26-43)76-41-51-53(80-60(69)44-27-11-2-12-28-44)55(82-62(71)46-31-15-4-16-32-46)57(84-64(73)48-35-19-6-20-36-48)66(78-51)86-87(75,88)77-42-52-54(81-61(70)45-29-13-3-14-30-45)56(83-63(72)47-33-17-5-18-34-47)58(85-65(74)49-37-21-7-22-38-49)67(79-52)89-50-39-23-8-24-40-50;1-2-5-9-10-6-4-8-11(9)7-3-1/h1-40,51-58,66-67H,41-42H2,(H,75,88);1-8H2/t51-,52-,53-,54-,55+,56+,57+,58-,66-,67+,87?;/m1./s1. The first-order chi connectivity index (χ1) is 48.7. The van der Waals surface area contributed by atoms with E-state index < -0.39 is 122 Å². The molecule has 3 saturated heterocycles. The normalized spacial score (nSPS) is 22.3. The molecule has 3 fully saturated rings. The average molecular weight is 1410 g/mol. The number of rotatable bonds is 22. The smallest absolute Gasteiger partial charge is 0.338 e. The lowest BCUT2D eigenvalue weighted by Gasteiger charge is -2.45. The highest BCUT2D eigenvalue weighted by atomic mass is 32.5. The van der Waals surface area contributed by atoms with Gasteiger partial charge < -0.3 is 56.9 Å². The first-order valence-electron chi connectivity index (χ1n) is 32.5. The molecule has 0 saturated carbocycles. The molecule has 4 heterocycles. The van der Waals surface area contributed by atoms with Crippen molar-refractivity contribution < 1.29 is 90.1 Å². The summed E-state index contributed by atoms with van der Waals surface area (Å²) in [6, 6.07) is 63.4. The van der Waals surface area contributed by atoms with E-state index in [0.717, 1.165) is 18.3 Å². The van der Waals surface area contributed by atoms with Crippen molar-refractivity contribution in [3.63, 3.8) is 0 Å². The molecule has 0 spiro atoms. The van der Waals surface area contributed by atoms with Gasteiger partial charge in [-0.2, -0.15) is 0 Å². The van der Waals surface area contributed by atoms with Crippen molar-refractivity contribution in [3.05, 3.63) is 282 Å². The van der Waals surface area contributed by atoms with Gasteiger partial charge in [-0.3, -0.25) is 9.52 Å². The summed E-state index contributed by atoms with van der Waals surface area (Å²) in [7, 11) is 0. The molecule has 4 aliphatic heterocycles. The van der Waals surface area contributed by atoms with Crippen LogP contribution in [-0.2, 0) is 63.5 Å². The van der Waals surface area contributed by atoms with E-state index in [1.807, 2.05) is 0 Å². The number of esters is 7. The van der Waals surface area contributed by atoms with Gasteiger partial charge >= 0.3 is 48.5 Å². The molecule has 4 aliphatic rings. The predicted molar refractivity (Wildman–Crippen MR) is 371 cm³/mol. The number of benzene rings is 8. The van der Waals surface area contributed by atoms with Crippen LogP contribution in [0.15, 0.2) is 253 Å². The van der Waals surface area contributed by atoms with E-state index in [2.05, 4.69) is 9.89 Å². The van der Waals surface area contributed by atoms with Crippen molar-refractivity contribution in [1.29, 1.82) is 0 Å². The third-order valence-corrected chi connectivity index (χ3v) is 19.0. The summed E-state index contributed by atoms with van der Waals surface area (Å²) in [5.41, 5.74) is -0.909. The largest absolute Gasteiger partial charge is 0.459 e. The van der Waals surface area contributed by atoms with E-state index in [4.69, 9.17) is 63.5 Å². The Morgan fingerprint density at radius 1 is 0.420 bits per heavy atom. The molecule has 12 rings (SSSR count). The fourth-order valence-corrected chi connectivity index (χ4v) is 13.7. The van der Waals surface area contributed by atoms with Gasteiger partial charge in [-0.25, -0.2) is 33.6 Å². The number of nitrogens with zero attached hydrogens (tertiary/aromatic N) is 2. The third kappa shape index (κ3) is 19.6. The number of aliphatic imine (C=N–C) groups is 1. The predicted octanol–water partition coefficient (Wildman–Crippen LogP) is 12.4. The number of carbonyl (C=O) groups is 7. The molecule has 21 nitrogen and oxygen atoms in total. The molecule has 0 aromatic heterocycles. The SMILES string of the molecule is C1CCC2=NCCCN2CC1.O=C(OC[C@H]1O[C@H](OP(O)(=S)OC[C@H]2O[C@@H](Sc3ccccc3)[C@H](OC(=O)c3ccccc3)[C@@H](OC(=O)c3ccccc3)[C@@H]2OC(=O)c2ccccc2)[C@@H](OC(=O)c2ccccc2)[C@@H](OC(=O)c2ccccc2)[C@@H]1OC(=O)c1ccccc1)c1ccccc1. The Hall–Kier alpha value is -9.68. The Morgan fingerprint density at radius 2 is 0.770 bits per heavy atom. The van der Waals surface area contributed by atoms with Gasteiger partial charge in [0.05, 0.1) is 51.4 Å². The molecule has 11 atom stereocenters. The van der Waals surface area contributed by atoms with E-state index in [-0.39, 0.29) is 38.9 Å². The summed E-state index contributed by atoms with van der Waals surface area (Å²) < 4.78 is 68.7. The quantitative estimate of drug-likeness (QED) is 0.0376. The van der Waals surface area contributed by atoms with Gasteiger partial charge in [0.15, 0.2) is 36.6 Å². The molecular formula is C76H71N2O19PS2. The van der Waals surface area contributed by atoms with E-state index in [9.17, 15) is 38.5 Å². The maximum Gasteiger partial charge on any atom is 0.338 e. The molecule has 1 N–H and O–H groups in total. The molecule has 0 radical (unpaired) electrons. The summed E-state index contributed by atoms with van der Waals surface area (Å²) in [5, 5.41) is 0. The van der Waals surface area contributed by atoms with Crippen LogP contribution in [0, 0.1) is 0 Å². The average Bonchev–Trinajstić information content (AvgIpc) is 0.809. The lowest BCUT2D eigenvalue weighted by atomic mass is 9.97. The molecule has 100 heavy (non-hydrogen) atoms. The van der Waals surface area contributed by atoms with Crippen LogP contribution in [0.25, 0.3) is 0 Å².